The van der Waals surface area contributed by atoms with E-state index in [9.17, 15) is 12.8 Å². The molecule has 0 aliphatic carbocycles. The van der Waals surface area contributed by atoms with Crippen LogP contribution < -0.4 is 10.5 Å². The Morgan fingerprint density at radius 2 is 2.11 bits per heavy atom. The molecular formula is C11H17FN2O3S. The molecule has 0 fully saturated rings. The average molecular weight is 276 g/mol. The van der Waals surface area contributed by atoms with Crippen molar-refractivity contribution in [2.24, 2.45) is 0 Å². The van der Waals surface area contributed by atoms with Crippen LogP contribution in [-0.2, 0) is 14.8 Å². The minimum Gasteiger partial charge on any atom is -0.398 e. The number of ether oxygens (including phenoxy) is 1. The van der Waals surface area contributed by atoms with Crippen LogP contribution in [0.4, 0.5) is 10.1 Å². The van der Waals surface area contributed by atoms with E-state index in [1.807, 2.05) is 0 Å². The quantitative estimate of drug-likeness (QED) is 0.787. The second-order valence-corrected chi connectivity index (χ2v) is 5.81. The van der Waals surface area contributed by atoms with Crippen molar-refractivity contribution in [1.82, 2.24) is 4.72 Å². The molecule has 1 aromatic carbocycles. The summed E-state index contributed by atoms with van der Waals surface area (Å²) in [5.74, 6) is -0.644. The number of sulfonamides is 1. The fraction of sp³-hybridized carbons (Fsp3) is 0.455. The summed E-state index contributed by atoms with van der Waals surface area (Å²) in [4.78, 5) is -0.189. The molecule has 0 amide bonds. The van der Waals surface area contributed by atoms with Crippen LogP contribution in [0.1, 0.15) is 12.5 Å². The normalized spacial score (nSPS) is 13.6. The predicted octanol–water partition coefficient (Wildman–Crippen LogP) is 1.03. The SMILES string of the molecule is COCC(C)NS(=O)(=O)c1cc(N)c(C)c(F)c1. The highest BCUT2D eigenvalue weighted by molar-refractivity contribution is 7.89. The Labute approximate surface area is 106 Å². The van der Waals surface area contributed by atoms with Crippen molar-refractivity contribution < 1.29 is 17.5 Å². The van der Waals surface area contributed by atoms with E-state index < -0.39 is 21.9 Å². The molecule has 0 spiro atoms. The number of anilines is 1. The molecule has 0 heterocycles. The molecule has 0 bridgehead atoms. The van der Waals surface area contributed by atoms with Crippen molar-refractivity contribution in [3.63, 3.8) is 0 Å². The topological polar surface area (TPSA) is 81.4 Å². The maximum atomic E-state index is 13.5. The molecule has 102 valence electrons. The number of nitrogens with one attached hydrogen (secondary N) is 1. The lowest BCUT2D eigenvalue weighted by molar-refractivity contribution is 0.180. The fourth-order valence-electron chi connectivity index (χ4n) is 1.45. The zero-order valence-electron chi connectivity index (χ0n) is 10.5. The van der Waals surface area contributed by atoms with Crippen molar-refractivity contribution in [3.05, 3.63) is 23.5 Å². The van der Waals surface area contributed by atoms with Crippen molar-refractivity contribution in [3.8, 4) is 0 Å². The Balaban J connectivity index is 3.06. The first-order chi connectivity index (χ1) is 8.27. The molecule has 5 nitrogen and oxygen atoms in total. The second-order valence-electron chi connectivity index (χ2n) is 4.10. The van der Waals surface area contributed by atoms with Crippen molar-refractivity contribution in [2.45, 2.75) is 24.8 Å². The Morgan fingerprint density at radius 1 is 1.50 bits per heavy atom. The fourth-order valence-corrected chi connectivity index (χ4v) is 2.72. The van der Waals surface area contributed by atoms with Gasteiger partial charge in [0.1, 0.15) is 5.82 Å². The van der Waals surface area contributed by atoms with Crippen molar-refractivity contribution in [1.29, 1.82) is 0 Å². The summed E-state index contributed by atoms with van der Waals surface area (Å²) in [7, 11) is -2.33. The lowest BCUT2D eigenvalue weighted by Crippen LogP contribution is -2.35. The van der Waals surface area contributed by atoms with Gasteiger partial charge in [0.2, 0.25) is 10.0 Å². The summed E-state index contributed by atoms with van der Waals surface area (Å²) in [6, 6.07) is 1.78. The summed E-state index contributed by atoms with van der Waals surface area (Å²) in [6.07, 6.45) is 0. The lowest BCUT2D eigenvalue weighted by Gasteiger charge is -2.14. The number of hydrogen-bond acceptors (Lipinski definition) is 4. The number of benzene rings is 1. The molecule has 18 heavy (non-hydrogen) atoms. The van der Waals surface area contributed by atoms with Crippen molar-refractivity contribution >= 4 is 15.7 Å². The monoisotopic (exact) mass is 276 g/mol. The number of nitrogen functional groups attached to an aromatic ring is 1. The van der Waals surface area contributed by atoms with E-state index in [0.717, 1.165) is 6.07 Å². The molecule has 1 unspecified atom stereocenters. The van der Waals surface area contributed by atoms with Gasteiger partial charge in [0, 0.05) is 24.4 Å². The Hall–Kier alpha value is -1.18. The zero-order chi connectivity index (χ0) is 13.9. The highest BCUT2D eigenvalue weighted by atomic mass is 32.2. The van der Waals surface area contributed by atoms with Crippen molar-refractivity contribution in [2.75, 3.05) is 19.5 Å². The van der Waals surface area contributed by atoms with Gasteiger partial charge < -0.3 is 10.5 Å². The van der Waals surface area contributed by atoms with Crippen LogP contribution in [0, 0.1) is 12.7 Å². The molecule has 0 saturated carbocycles. The van der Waals surface area contributed by atoms with Gasteiger partial charge in [-0.2, -0.15) is 0 Å². The summed E-state index contributed by atoms with van der Waals surface area (Å²) < 4.78 is 44.5. The maximum absolute atomic E-state index is 13.5. The largest absolute Gasteiger partial charge is 0.398 e. The molecule has 1 aromatic rings. The van der Waals surface area contributed by atoms with Gasteiger partial charge in [-0.3, -0.25) is 0 Å². The van der Waals surface area contributed by atoms with E-state index >= 15 is 0 Å². The third kappa shape index (κ3) is 3.41. The first kappa shape index (κ1) is 14.9. The smallest absolute Gasteiger partial charge is 0.241 e. The van der Waals surface area contributed by atoms with Crippen LogP contribution in [-0.4, -0.2) is 28.2 Å². The number of rotatable bonds is 5. The molecule has 0 aliphatic rings. The number of halogens is 1. The van der Waals surface area contributed by atoms with Gasteiger partial charge in [-0.05, 0) is 26.0 Å². The second kappa shape index (κ2) is 5.64. The van der Waals surface area contributed by atoms with Crippen LogP contribution in [0.5, 0.6) is 0 Å². The van der Waals surface area contributed by atoms with Crippen LogP contribution >= 0.6 is 0 Å². The third-order valence-electron chi connectivity index (χ3n) is 2.44. The summed E-state index contributed by atoms with van der Waals surface area (Å²) in [6.45, 7) is 3.36. The molecule has 1 atom stereocenters. The Bertz CT molecular complexity index is 508. The molecule has 0 aromatic heterocycles. The summed E-state index contributed by atoms with van der Waals surface area (Å²) >= 11 is 0. The van der Waals surface area contributed by atoms with Gasteiger partial charge in [-0.1, -0.05) is 0 Å². The van der Waals surface area contributed by atoms with E-state index in [1.54, 1.807) is 6.92 Å². The number of hydrogen-bond donors (Lipinski definition) is 2. The molecular weight excluding hydrogens is 259 g/mol. The first-order valence-corrected chi connectivity index (χ1v) is 6.83. The standard InChI is InChI=1S/C11H17FN2O3S/c1-7(6-17-3)14-18(15,16)9-4-10(12)8(2)11(13)5-9/h4-5,7,14H,6,13H2,1-3H3. The molecule has 3 N–H and O–H groups in total. The van der Waals surface area contributed by atoms with Gasteiger partial charge in [0.15, 0.2) is 0 Å². The first-order valence-electron chi connectivity index (χ1n) is 5.35. The number of nitrogens with two attached hydrogens (primary N) is 1. The van der Waals surface area contributed by atoms with Crippen LogP contribution in [0.15, 0.2) is 17.0 Å². The zero-order valence-corrected chi connectivity index (χ0v) is 11.3. The predicted molar refractivity (Wildman–Crippen MR) is 67.2 cm³/mol. The van der Waals surface area contributed by atoms with Crippen LogP contribution in [0.25, 0.3) is 0 Å². The highest BCUT2D eigenvalue weighted by Crippen LogP contribution is 2.20. The average Bonchev–Trinajstić information content (AvgIpc) is 2.24. The van der Waals surface area contributed by atoms with E-state index in [4.69, 9.17) is 10.5 Å². The maximum Gasteiger partial charge on any atom is 0.241 e. The molecule has 7 heteroatoms. The van der Waals surface area contributed by atoms with Crippen LogP contribution in [0.2, 0.25) is 0 Å². The van der Waals surface area contributed by atoms with E-state index in [2.05, 4.69) is 4.72 Å². The van der Waals surface area contributed by atoms with Gasteiger partial charge in [-0.15, -0.1) is 0 Å². The van der Waals surface area contributed by atoms with E-state index in [0.29, 0.717) is 0 Å². The Kier molecular flexibility index (Phi) is 4.66. The Morgan fingerprint density at radius 3 is 2.61 bits per heavy atom. The molecule has 0 radical (unpaired) electrons. The minimum atomic E-state index is -3.79. The van der Waals surface area contributed by atoms with E-state index in [1.165, 1.54) is 20.1 Å². The number of methoxy groups -OCH3 is 1. The highest BCUT2D eigenvalue weighted by Gasteiger charge is 2.19. The van der Waals surface area contributed by atoms with Gasteiger partial charge in [0.05, 0.1) is 11.5 Å². The minimum absolute atomic E-state index is 0.106. The summed E-state index contributed by atoms with van der Waals surface area (Å²) in [5.41, 5.74) is 5.89. The van der Waals surface area contributed by atoms with Gasteiger partial charge in [-0.25, -0.2) is 17.5 Å². The third-order valence-corrected chi connectivity index (χ3v) is 4.01. The molecule has 1 rings (SSSR count). The lowest BCUT2D eigenvalue weighted by atomic mass is 10.2. The molecule has 0 aliphatic heterocycles. The molecule has 0 saturated heterocycles. The van der Waals surface area contributed by atoms with Gasteiger partial charge in [0.25, 0.3) is 0 Å². The summed E-state index contributed by atoms with van der Waals surface area (Å²) in [5, 5.41) is 0. The van der Waals surface area contributed by atoms with E-state index in [-0.39, 0.29) is 22.8 Å². The van der Waals surface area contributed by atoms with Crippen LogP contribution in [0.3, 0.4) is 0 Å². The van der Waals surface area contributed by atoms with Gasteiger partial charge >= 0.3 is 0 Å².